The summed E-state index contributed by atoms with van der Waals surface area (Å²) in [5.74, 6) is 1.17. The van der Waals surface area contributed by atoms with Crippen LogP contribution in [0.15, 0.2) is 174 Å². The van der Waals surface area contributed by atoms with Gasteiger partial charge in [-0.25, -0.2) is 9.13 Å². The average molecular weight is 657 g/mol. The minimum Gasteiger partial charge on any atom is -0.218 e. The highest BCUT2D eigenvalue weighted by atomic mass is 79.9. The Bertz CT molecular complexity index is 2160. The van der Waals surface area contributed by atoms with Gasteiger partial charge in [0.1, 0.15) is 13.1 Å². The first-order chi connectivity index (χ1) is 22.7. The predicted molar refractivity (Wildman–Crippen MR) is 195 cm³/mol. The SMILES string of the molecule is Brc1ccc(-c2n(Cc3ccc4ccccc4c3)c(-c3ccccc3)c(-c3ccccc3)[n+]2Cc2ccc3ccccc3c2)cc1. The van der Waals surface area contributed by atoms with E-state index in [0.29, 0.717) is 0 Å². The van der Waals surface area contributed by atoms with Crippen LogP contribution in [0.2, 0.25) is 0 Å². The van der Waals surface area contributed by atoms with Gasteiger partial charge in [-0.1, -0.05) is 149 Å². The van der Waals surface area contributed by atoms with E-state index in [1.165, 1.54) is 66.6 Å². The molecule has 0 amide bonds. The lowest BCUT2D eigenvalue weighted by atomic mass is 10.0. The lowest BCUT2D eigenvalue weighted by Gasteiger charge is -2.09. The third-order valence-corrected chi connectivity index (χ3v) is 9.31. The normalized spacial score (nSPS) is 11.3. The van der Waals surface area contributed by atoms with Crippen LogP contribution in [-0.2, 0) is 13.1 Å². The molecule has 0 radical (unpaired) electrons. The van der Waals surface area contributed by atoms with Crippen molar-refractivity contribution in [3.8, 4) is 33.9 Å². The van der Waals surface area contributed by atoms with E-state index in [0.717, 1.165) is 17.6 Å². The van der Waals surface area contributed by atoms with Crippen molar-refractivity contribution >= 4 is 37.5 Å². The Balaban J connectivity index is 1.44. The molecule has 2 nitrogen and oxygen atoms in total. The second-order valence-electron chi connectivity index (χ2n) is 11.8. The Morgan fingerprint density at radius 1 is 0.457 bits per heavy atom. The van der Waals surface area contributed by atoms with Crippen LogP contribution in [-0.4, -0.2) is 4.57 Å². The maximum atomic E-state index is 3.69. The number of aromatic nitrogens is 2. The van der Waals surface area contributed by atoms with E-state index in [2.05, 4.69) is 195 Å². The summed E-state index contributed by atoms with van der Waals surface area (Å²) in [4.78, 5) is 0. The first kappa shape index (κ1) is 28.2. The maximum absolute atomic E-state index is 3.69. The van der Waals surface area contributed by atoms with Gasteiger partial charge in [-0.2, -0.15) is 0 Å². The third-order valence-electron chi connectivity index (χ3n) is 8.78. The molecule has 8 aromatic rings. The standard InChI is InChI=1S/C43H32BrN2/c44-40-25-23-37(24-26-40)43-45(29-31-19-21-33-11-7-9-17-38(33)27-31)41(35-13-3-1-4-14-35)42(36-15-5-2-6-16-36)46(43)30-32-20-22-34-12-8-10-18-39(34)28-32/h1-28H,29-30H2/q+1. The minimum atomic E-state index is 0.727. The van der Waals surface area contributed by atoms with Gasteiger partial charge in [-0.3, -0.25) is 0 Å². The molecule has 7 aromatic carbocycles. The predicted octanol–water partition coefficient (Wildman–Crippen LogP) is 10.9. The number of benzene rings is 7. The first-order valence-electron chi connectivity index (χ1n) is 15.7. The fourth-order valence-corrected chi connectivity index (χ4v) is 6.91. The van der Waals surface area contributed by atoms with Crippen molar-refractivity contribution in [1.82, 2.24) is 4.57 Å². The Morgan fingerprint density at radius 2 is 0.978 bits per heavy atom. The minimum absolute atomic E-state index is 0.727. The molecule has 0 aliphatic heterocycles. The zero-order valence-corrected chi connectivity index (χ0v) is 26.9. The van der Waals surface area contributed by atoms with E-state index >= 15 is 0 Å². The van der Waals surface area contributed by atoms with Crippen LogP contribution in [0.4, 0.5) is 0 Å². The van der Waals surface area contributed by atoms with Crippen molar-refractivity contribution in [3.63, 3.8) is 0 Å². The molecule has 46 heavy (non-hydrogen) atoms. The summed E-state index contributed by atoms with van der Waals surface area (Å²) in [6.45, 7) is 1.45. The summed E-state index contributed by atoms with van der Waals surface area (Å²) in [5, 5.41) is 5.02. The largest absolute Gasteiger partial charge is 0.290 e. The van der Waals surface area contributed by atoms with Gasteiger partial charge >= 0.3 is 0 Å². The van der Waals surface area contributed by atoms with Gasteiger partial charge < -0.3 is 0 Å². The van der Waals surface area contributed by atoms with E-state index in [1.54, 1.807) is 0 Å². The highest BCUT2D eigenvalue weighted by molar-refractivity contribution is 9.10. The highest BCUT2D eigenvalue weighted by Gasteiger charge is 2.34. The second-order valence-corrected chi connectivity index (χ2v) is 12.7. The molecule has 0 atom stereocenters. The summed E-state index contributed by atoms with van der Waals surface area (Å²) < 4.78 is 6.13. The van der Waals surface area contributed by atoms with Gasteiger partial charge in [-0.05, 0) is 69.1 Å². The molecule has 0 fully saturated rings. The molecule has 0 saturated carbocycles. The van der Waals surface area contributed by atoms with Crippen LogP contribution < -0.4 is 4.57 Å². The molecule has 0 spiro atoms. The number of imidazole rings is 1. The topological polar surface area (TPSA) is 8.81 Å². The number of halogens is 1. The smallest absolute Gasteiger partial charge is 0.218 e. The van der Waals surface area contributed by atoms with E-state index < -0.39 is 0 Å². The van der Waals surface area contributed by atoms with Crippen LogP contribution in [0.3, 0.4) is 0 Å². The van der Waals surface area contributed by atoms with Crippen molar-refractivity contribution in [2.24, 2.45) is 0 Å². The summed E-state index contributed by atoms with van der Waals surface area (Å²) in [7, 11) is 0. The number of hydrogen-bond donors (Lipinski definition) is 0. The zero-order valence-electron chi connectivity index (χ0n) is 25.4. The quantitative estimate of drug-likeness (QED) is 0.151. The number of nitrogens with zero attached hydrogens (tertiary/aromatic N) is 2. The summed E-state index contributed by atoms with van der Waals surface area (Å²) in [5.41, 5.74) is 8.50. The Hall–Kier alpha value is -5.25. The van der Waals surface area contributed by atoms with E-state index in [9.17, 15) is 0 Å². The fourth-order valence-electron chi connectivity index (χ4n) is 6.65. The lowest BCUT2D eigenvalue weighted by molar-refractivity contribution is -0.665. The van der Waals surface area contributed by atoms with Crippen molar-refractivity contribution in [2.45, 2.75) is 13.1 Å². The van der Waals surface area contributed by atoms with Crippen molar-refractivity contribution in [3.05, 3.63) is 185 Å². The van der Waals surface area contributed by atoms with Crippen molar-refractivity contribution < 1.29 is 4.57 Å². The van der Waals surface area contributed by atoms with E-state index in [4.69, 9.17) is 0 Å². The van der Waals surface area contributed by atoms with E-state index in [-0.39, 0.29) is 0 Å². The molecule has 8 rings (SSSR count). The maximum Gasteiger partial charge on any atom is 0.290 e. The molecule has 220 valence electrons. The zero-order chi connectivity index (χ0) is 30.9. The molecule has 0 unspecified atom stereocenters. The van der Waals surface area contributed by atoms with Gasteiger partial charge in [0.2, 0.25) is 0 Å². The number of rotatable bonds is 7. The van der Waals surface area contributed by atoms with E-state index in [1.807, 2.05) is 0 Å². The summed E-state index contributed by atoms with van der Waals surface area (Å²) >= 11 is 3.69. The van der Waals surface area contributed by atoms with Gasteiger partial charge in [-0.15, -0.1) is 0 Å². The average Bonchev–Trinajstić information content (AvgIpc) is 3.42. The Kier molecular flexibility index (Phi) is 7.53. The van der Waals surface area contributed by atoms with Crippen molar-refractivity contribution in [2.75, 3.05) is 0 Å². The van der Waals surface area contributed by atoms with Crippen LogP contribution in [0.1, 0.15) is 11.1 Å². The molecular weight excluding hydrogens is 624 g/mol. The molecule has 0 bridgehead atoms. The molecule has 0 N–H and O–H groups in total. The molecule has 0 aliphatic carbocycles. The van der Waals surface area contributed by atoms with Gasteiger partial charge in [0.25, 0.3) is 5.82 Å². The lowest BCUT2D eigenvalue weighted by Crippen LogP contribution is -2.38. The van der Waals surface area contributed by atoms with Crippen molar-refractivity contribution in [1.29, 1.82) is 0 Å². The number of fused-ring (bicyclic) bond motifs is 2. The third kappa shape index (κ3) is 5.44. The Labute approximate surface area is 278 Å². The molecule has 1 heterocycles. The molecule has 1 aromatic heterocycles. The second kappa shape index (κ2) is 12.3. The summed E-state index contributed by atoms with van der Waals surface area (Å²) in [6, 6.07) is 61.4. The van der Waals surface area contributed by atoms with Gasteiger partial charge in [0, 0.05) is 15.6 Å². The molecular formula is C43H32BrN2+. The van der Waals surface area contributed by atoms with Gasteiger partial charge in [0.05, 0.1) is 5.56 Å². The Morgan fingerprint density at radius 3 is 1.61 bits per heavy atom. The van der Waals surface area contributed by atoms with Crippen LogP contribution >= 0.6 is 15.9 Å². The molecule has 3 heteroatoms. The summed E-state index contributed by atoms with van der Waals surface area (Å²) in [6.07, 6.45) is 0. The van der Waals surface area contributed by atoms with Crippen LogP contribution in [0, 0.1) is 0 Å². The molecule has 0 aliphatic rings. The van der Waals surface area contributed by atoms with Gasteiger partial charge in [0.15, 0.2) is 11.4 Å². The fraction of sp³-hybridized carbons (Fsp3) is 0.0465. The monoisotopic (exact) mass is 655 g/mol. The molecule has 0 saturated heterocycles. The van der Waals surface area contributed by atoms with Crippen LogP contribution in [0.25, 0.3) is 55.4 Å². The highest BCUT2D eigenvalue weighted by Crippen LogP contribution is 2.37. The number of hydrogen-bond acceptors (Lipinski definition) is 0. The first-order valence-corrected chi connectivity index (χ1v) is 16.5. The van der Waals surface area contributed by atoms with Crippen LogP contribution in [0.5, 0.6) is 0 Å².